The average molecular weight is 207 g/mol. The van der Waals surface area contributed by atoms with Gasteiger partial charge < -0.3 is 14.7 Å². The molecule has 0 unspecified atom stereocenters. The minimum atomic E-state index is -0.627. The van der Waals surface area contributed by atoms with Crippen LogP contribution in [0.3, 0.4) is 0 Å². The van der Waals surface area contributed by atoms with Gasteiger partial charge in [-0.05, 0) is 20.9 Å². The van der Waals surface area contributed by atoms with E-state index in [1.54, 1.807) is 13.8 Å². The number of aliphatic hydroxyl groups is 1. The first-order valence-corrected chi connectivity index (χ1v) is 5.18. The molecule has 0 aromatic rings. The molecule has 13 heavy (non-hydrogen) atoms. The Hall–Kier alpha value is 0.230. The van der Waals surface area contributed by atoms with Crippen LogP contribution in [0.25, 0.3) is 0 Å². The maximum atomic E-state index is 9.50. The molecule has 0 atom stereocenters. The van der Waals surface area contributed by atoms with Crippen molar-refractivity contribution in [2.45, 2.75) is 19.4 Å². The molecule has 0 heterocycles. The molecule has 0 spiro atoms. The summed E-state index contributed by atoms with van der Waals surface area (Å²) in [6, 6.07) is 0. The standard InChI is InChI=1S/C9H21NO2S/c1-9(2,11)8-10(3)4-5-12-6-7-13/h11,13H,4-8H2,1-3H3. The number of thiol groups is 1. The monoisotopic (exact) mass is 207 g/mol. The largest absolute Gasteiger partial charge is 0.389 e. The first-order chi connectivity index (χ1) is 5.95. The Balaban J connectivity index is 3.35. The molecule has 1 N–H and O–H groups in total. The average Bonchev–Trinajstić information content (AvgIpc) is 1.94. The Kier molecular flexibility index (Phi) is 6.77. The molecular formula is C9H21NO2S. The van der Waals surface area contributed by atoms with E-state index >= 15 is 0 Å². The van der Waals surface area contributed by atoms with Gasteiger partial charge in [0.2, 0.25) is 0 Å². The van der Waals surface area contributed by atoms with Crippen molar-refractivity contribution in [2.75, 3.05) is 39.1 Å². The summed E-state index contributed by atoms with van der Waals surface area (Å²) in [5.74, 6) is 0.759. The number of nitrogens with zero attached hydrogens (tertiary/aromatic N) is 1. The van der Waals surface area contributed by atoms with Crippen molar-refractivity contribution in [3.8, 4) is 0 Å². The molecule has 0 aliphatic rings. The summed E-state index contributed by atoms with van der Waals surface area (Å²) in [4.78, 5) is 2.05. The van der Waals surface area contributed by atoms with Crippen LogP contribution in [0.1, 0.15) is 13.8 Å². The summed E-state index contributed by atoms with van der Waals surface area (Å²) >= 11 is 4.04. The smallest absolute Gasteiger partial charge is 0.0718 e. The predicted molar refractivity (Wildman–Crippen MR) is 58.5 cm³/mol. The fourth-order valence-electron chi connectivity index (χ4n) is 1.13. The lowest BCUT2D eigenvalue weighted by atomic mass is 10.1. The van der Waals surface area contributed by atoms with Crippen molar-refractivity contribution in [3.63, 3.8) is 0 Å². The molecule has 0 aliphatic carbocycles. The second kappa shape index (κ2) is 6.65. The first-order valence-electron chi connectivity index (χ1n) is 4.55. The fraction of sp³-hybridized carbons (Fsp3) is 1.00. The van der Waals surface area contributed by atoms with Gasteiger partial charge in [-0.15, -0.1) is 0 Å². The van der Waals surface area contributed by atoms with Crippen molar-refractivity contribution in [1.29, 1.82) is 0 Å². The van der Waals surface area contributed by atoms with Crippen molar-refractivity contribution in [2.24, 2.45) is 0 Å². The molecule has 0 aliphatic heterocycles. The zero-order valence-corrected chi connectivity index (χ0v) is 9.68. The van der Waals surface area contributed by atoms with Crippen LogP contribution in [0.4, 0.5) is 0 Å². The fourth-order valence-corrected chi connectivity index (χ4v) is 1.26. The Morgan fingerprint density at radius 1 is 1.38 bits per heavy atom. The van der Waals surface area contributed by atoms with Crippen LogP contribution in [0.15, 0.2) is 0 Å². The van der Waals surface area contributed by atoms with E-state index in [1.165, 1.54) is 0 Å². The van der Waals surface area contributed by atoms with Gasteiger partial charge in [0.1, 0.15) is 0 Å². The summed E-state index contributed by atoms with van der Waals surface area (Å²) in [5, 5.41) is 9.50. The zero-order valence-electron chi connectivity index (χ0n) is 8.79. The zero-order chi connectivity index (χ0) is 10.3. The van der Waals surface area contributed by atoms with E-state index in [0.29, 0.717) is 19.8 Å². The van der Waals surface area contributed by atoms with E-state index in [-0.39, 0.29) is 0 Å². The molecule has 80 valence electrons. The van der Waals surface area contributed by atoms with Crippen LogP contribution < -0.4 is 0 Å². The summed E-state index contributed by atoms with van der Waals surface area (Å²) in [6.45, 7) is 6.51. The van der Waals surface area contributed by atoms with Crippen LogP contribution in [0.5, 0.6) is 0 Å². The molecule has 0 radical (unpaired) electrons. The van der Waals surface area contributed by atoms with Crippen LogP contribution in [0.2, 0.25) is 0 Å². The van der Waals surface area contributed by atoms with E-state index < -0.39 is 5.60 Å². The molecule has 0 amide bonds. The highest BCUT2D eigenvalue weighted by molar-refractivity contribution is 7.80. The second-order valence-corrected chi connectivity index (χ2v) is 4.33. The molecule has 0 saturated carbocycles. The van der Waals surface area contributed by atoms with Crippen LogP contribution in [-0.2, 0) is 4.74 Å². The molecule has 0 aromatic carbocycles. The van der Waals surface area contributed by atoms with Gasteiger partial charge in [-0.3, -0.25) is 0 Å². The van der Waals surface area contributed by atoms with Crippen LogP contribution in [0, 0.1) is 0 Å². The predicted octanol–water partition coefficient (Wildman–Crippen LogP) is 0.635. The minimum absolute atomic E-state index is 0.627. The Labute approximate surface area is 86.5 Å². The van der Waals surface area contributed by atoms with Crippen molar-refractivity contribution in [3.05, 3.63) is 0 Å². The third-order valence-electron chi connectivity index (χ3n) is 1.51. The molecule has 0 saturated heterocycles. The van der Waals surface area contributed by atoms with Gasteiger partial charge in [-0.2, -0.15) is 12.6 Å². The third-order valence-corrected chi connectivity index (χ3v) is 1.69. The highest BCUT2D eigenvalue weighted by Gasteiger charge is 2.14. The molecular weight excluding hydrogens is 186 g/mol. The Morgan fingerprint density at radius 2 is 2.00 bits per heavy atom. The molecule has 0 aromatic heterocycles. The van der Waals surface area contributed by atoms with E-state index in [4.69, 9.17) is 4.74 Å². The molecule has 4 heteroatoms. The maximum absolute atomic E-state index is 9.50. The molecule has 3 nitrogen and oxygen atoms in total. The minimum Gasteiger partial charge on any atom is -0.389 e. The number of rotatable bonds is 7. The van der Waals surface area contributed by atoms with Gasteiger partial charge in [-0.25, -0.2) is 0 Å². The quantitative estimate of drug-likeness (QED) is 0.474. The number of likely N-dealkylation sites (N-methyl/N-ethyl adjacent to an activating group) is 1. The van der Waals surface area contributed by atoms with E-state index in [9.17, 15) is 5.11 Å². The third kappa shape index (κ3) is 10.1. The van der Waals surface area contributed by atoms with Crippen molar-refractivity contribution >= 4 is 12.6 Å². The van der Waals surface area contributed by atoms with E-state index in [1.807, 2.05) is 7.05 Å². The second-order valence-electron chi connectivity index (χ2n) is 3.89. The van der Waals surface area contributed by atoms with Gasteiger partial charge in [0.05, 0.1) is 18.8 Å². The van der Waals surface area contributed by atoms with E-state index in [0.717, 1.165) is 12.3 Å². The van der Waals surface area contributed by atoms with Gasteiger partial charge in [0.25, 0.3) is 0 Å². The highest BCUT2D eigenvalue weighted by Crippen LogP contribution is 2.02. The van der Waals surface area contributed by atoms with E-state index in [2.05, 4.69) is 17.5 Å². The number of hydrogen-bond donors (Lipinski definition) is 2. The lowest BCUT2D eigenvalue weighted by molar-refractivity contribution is 0.0339. The molecule has 0 bridgehead atoms. The van der Waals surface area contributed by atoms with Gasteiger partial charge in [0, 0.05) is 18.8 Å². The maximum Gasteiger partial charge on any atom is 0.0718 e. The SMILES string of the molecule is CN(CCOCCS)CC(C)(C)O. The molecule has 0 rings (SSSR count). The Bertz CT molecular complexity index is 125. The lowest BCUT2D eigenvalue weighted by Gasteiger charge is -2.25. The number of ether oxygens (including phenoxy) is 1. The highest BCUT2D eigenvalue weighted by atomic mass is 32.1. The lowest BCUT2D eigenvalue weighted by Crippen LogP contribution is -2.37. The van der Waals surface area contributed by atoms with Crippen molar-refractivity contribution < 1.29 is 9.84 Å². The summed E-state index contributed by atoms with van der Waals surface area (Å²) in [6.07, 6.45) is 0. The topological polar surface area (TPSA) is 32.7 Å². The first kappa shape index (κ1) is 13.2. The van der Waals surface area contributed by atoms with Gasteiger partial charge in [0.15, 0.2) is 0 Å². The summed E-state index contributed by atoms with van der Waals surface area (Å²) in [7, 11) is 1.97. The summed E-state index contributed by atoms with van der Waals surface area (Å²) in [5.41, 5.74) is -0.627. The van der Waals surface area contributed by atoms with Gasteiger partial charge >= 0.3 is 0 Å². The van der Waals surface area contributed by atoms with Gasteiger partial charge in [-0.1, -0.05) is 0 Å². The normalized spacial score (nSPS) is 12.5. The molecule has 0 fully saturated rings. The summed E-state index contributed by atoms with van der Waals surface area (Å²) < 4.78 is 5.27. The number of hydrogen-bond acceptors (Lipinski definition) is 4. The van der Waals surface area contributed by atoms with Crippen LogP contribution in [-0.4, -0.2) is 54.7 Å². The van der Waals surface area contributed by atoms with Crippen LogP contribution >= 0.6 is 12.6 Å². The Morgan fingerprint density at radius 3 is 2.46 bits per heavy atom. The van der Waals surface area contributed by atoms with Crippen molar-refractivity contribution in [1.82, 2.24) is 4.90 Å².